The van der Waals surface area contributed by atoms with Crippen molar-refractivity contribution in [2.24, 2.45) is 0 Å². The number of ether oxygens (including phenoxy) is 1. The average Bonchev–Trinajstić information content (AvgIpc) is 3.01. The van der Waals surface area contributed by atoms with E-state index in [0.29, 0.717) is 24.3 Å². The van der Waals surface area contributed by atoms with E-state index in [1.54, 1.807) is 35.2 Å². The van der Waals surface area contributed by atoms with Gasteiger partial charge < -0.3 is 15.0 Å². The maximum absolute atomic E-state index is 12.5. The molecule has 0 unspecified atom stereocenters. The molecule has 1 aliphatic rings. The van der Waals surface area contributed by atoms with Gasteiger partial charge in [0.25, 0.3) is 5.91 Å². The number of anilines is 2. The van der Waals surface area contributed by atoms with Crippen LogP contribution in [-0.2, 0) is 4.79 Å². The predicted octanol–water partition coefficient (Wildman–Crippen LogP) is 3.67. The number of hydrogen-bond donors (Lipinski definition) is 1. The molecular formula is C18H16F2N2O3. The van der Waals surface area contributed by atoms with Gasteiger partial charge in [-0.2, -0.15) is 8.78 Å². The summed E-state index contributed by atoms with van der Waals surface area (Å²) in [5.74, 6) is -0.721. The van der Waals surface area contributed by atoms with E-state index in [1.165, 1.54) is 18.2 Å². The van der Waals surface area contributed by atoms with Crippen molar-refractivity contribution in [1.82, 2.24) is 0 Å². The van der Waals surface area contributed by atoms with Gasteiger partial charge in [0.05, 0.1) is 5.56 Å². The Kier molecular flexibility index (Phi) is 4.92. The van der Waals surface area contributed by atoms with Crippen LogP contribution in [0.4, 0.5) is 20.2 Å². The molecule has 0 spiro atoms. The number of rotatable bonds is 5. The number of halogens is 2. The first-order valence-electron chi connectivity index (χ1n) is 7.80. The van der Waals surface area contributed by atoms with Crippen LogP contribution in [0, 0.1) is 0 Å². The summed E-state index contributed by atoms with van der Waals surface area (Å²) in [5.41, 5.74) is 1.16. The van der Waals surface area contributed by atoms with Crippen molar-refractivity contribution in [3.8, 4) is 5.75 Å². The van der Waals surface area contributed by atoms with E-state index in [1.807, 2.05) is 0 Å². The zero-order valence-electron chi connectivity index (χ0n) is 13.2. The number of benzene rings is 2. The number of alkyl halides is 2. The Labute approximate surface area is 143 Å². The standard InChI is InChI=1S/C18H16F2N2O3/c19-18(20)25-15-8-2-1-7-14(15)17(24)21-12-5-3-6-13(11-12)22-10-4-9-16(22)23/h1-3,5-8,11,18H,4,9-10H2,(H,21,24). The number of nitrogens with one attached hydrogen (secondary N) is 1. The Morgan fingerprint density at radius 1 is 1.16 bits per heavy atom. The molecule has 7 heteroatoms. The van der Waals surface area contributed by atoms with Gasteiger partial charge in [-0.25, -0.2) is 0 Å². The summed E-state index contributed by atoms with van der Waals surface area (Å²) in [7, 11) is 0. The first kappa shape index (κ1) is 16.9. The molecule has 2 aromatic rings. The van der Waals surface area contributed by atoms with E-state index in [2.05, 4.69) is 10.1 Å². The van der Waals surface area contributed by atoms with E-state index in [4.69, 9.17) is 0 Å². The minimum Gasteiger partial charge on any atom is -0.434 e. The zero-order valence-corrected chi connectivity index (χ0v) is 13.2. The highest BCUT2D eigenvalue weighted by molar-refractivity contribution is 6.06. The lowest BCUT2D eigenvalue weighted by atomic mass is 10.1. The van der Waals surface area contributed by atoms with E-state index in [-0.39, 0.29) is 17.2 Å². The Hall–Kier alpha value is -2.96. The van der Waals surface area contributed by atoms with E-state index in [9.17, 15) is 18.4 Å². The molecule has 0 aromatic heterocycles. The van der Waals surface area contributed by atoms with Gasteiger partial charge in [0.1, 0.15) is 5.75 Å². The topological polar surface area (TPSA) is 58.6 Å². The second-order valence-electron chi connectivity index (χ2n) is 5.53. The van der Waals surface area contributed by atoms with Gasteiger partial charge in [-0.3, -0.25) is 9.59 Å². The van der Waals surface area contributed by atoms with Crippen molar-refractivity contribution in [1.29, 1.82) is 0 Å². The van der Waals surface area contributed by atoms with Crippen molar-refractivity contribution in [2.45, 2.75) is 19.5 Å². The predicted molar refractivity (Wildman–Crippen MR) is 89.1 cm³/mol. The Balaban J connectivity index is 1.79. The maximum Gasteiger partial charge on any atom is 0.387 e. The van der Waals surface area contributed by atoms with Gasteiger partial charge >= 0.3 is 6.61 Å². The largest absolute Gasteiger partial charge is 0.434 e. The Morgan fingerprint density at radius 2 is 1.96 bits per heavy atom. The maximum atomic E-state index is 12.5. The summed E-state index contributed by atoms with van der Waals surface area (Å²) < 4.78 is 29.3. The number of carbonyl (C=O) groups is 2. The third-order valence-corrected chi connectivity index (χ3v) is 3.84. The van der Waals surface area contributed by atoms with Crippen molar-refractivity contribution in [3.05, 3.63) is 54.1 Å². The SMILES string of the molecule is O=C(Nc1cccc(N2CCCC2=O)c1)c1ccccc1OC(F)F. The summed E-state index contributed by atoms with van der Waals surface area (Å²) in [5, 5.41) is 2.65. The number of para-hydroxylation sites is 1. The molecule has 3 rings (SSSR count). The van der Waals surface area contributed by atoms with Gasteiger partial charge in [-0.05, 0) is 36.8 Å². The summed E-state index contributed by atoms with van der Waals surface area (Å²) >= 11 is 0. The average molecular weight is 346 g/mol. The van der Waals surface area contributed by atoms with Gasteiger partial charge in [0, 0.05) is 24.3 Å². The molecule has 2 aromatic carbocycles. The van der Waals surface area contributed by atoms with Gasteiger partial charge in [-0.15, -0.1) is 0 Å². The number of carbonyl (C=O) groups excluding carboxylic acids is 2. The van der Waals surface area contributed by atoms with Crippen LogP contribution in [0.2, 0.25) is 0 Å². The van der Waals surface area contributed by atoms with Crippen LogP contribution in [0.5, 0.6) is 5.75 Å². The summed E-state index contributed by atoms with van der Waals surface area (Å²) in [6.45, 7) is -2.38. The fraction of sp³-hybridized carbons (Fsp3) is 0.222. The monoisotopic (exact) mass is 346 g/mol. The third-order valence-electron chi connectivity index (χ3n) is 3.84. The fourth-order valence-corrected chi connectivity index (χ4v) is 2.72. The smallest absolute Gasteiger partial charge is 0.387 e. The lowest BCUT2D eigenvalue weighted by molar-refractivity contribution is -0.117. The lowest BCUT2D eigenvalue weighted by Crippen LogP contribution is -2.23. The Bertz CT molecular complexity index is 795. The number of hydrogen-bond acceptors (Lipinski definition) is 3. The zero-order chi connectivity index (χ0) is 17.8. The molecule has 0 radical (unpaired) electrons. The van der Waals surface area contributed by atoms with Crippen LogP contribution in [-0.4, -0.2) is 25.0 Å². The lowest BCUT2D eigenvalue weighted by Gasteiger charge is -2.17. The van der Waals surface area contributed by atoms with Crippen LogP contribution in [0.3, 0.4) is 0 Å². The highest BCUT2D eigenvalue weighted by Crippen LogP contribution is 2.26. The van der Waals surface area contributed by atoms with Crippen molar-refractivity contribution < 1.29 is 23.1 Å². The van der Waals surface area contributed by atoms with Gasteiger partial charge in [-0.1, -0.05) is 18.2 Å². The summed E-state index contributed by atoms with van der Waals surface area (Å²) in [6, 6.07) is 12.6. The molecule has 0 atom stereocenters. The Morgan fingerprint density at radius 3 is 2.68 bits per heavy atom. The van der Waals surface area contributed by atoms with Crippen molar-refractivity contribution in [3.63, 3.8) is 0 Å². The van der Waals surface area contributed by atoms with Crippen LogP contribution < -0.4 is 15.0 Å². The second-order valence-corrected chi connectivity index (χ2v) is 5.53. The van der Waals surface area contributed by atoms with E-state index >= 15 is 0 Å². The molecule has 5 nitrogen and oxygen atoms in total. The molecule has 1 fully saturated rings. The summed E-state index contributed by atoms with van der Waals surface area (Å²) in [4.78, 5) is 25.9. The molecular weight excluding hydrogens is 330 g/mol. The minimum atomic E-state index is -3.02. The van der Waals surface area contributed by atoms with Crippen molar-refractivity contribution >= 4 is 23.2 Å². The highest BCUT2D eigenvalue weighted by atomic mass is 19.3. The molecule has 0 aliphatic carbocycles. The first-order chi connectivity index (χ1) is 12.0. The molecule has 1 N–H and O–H groups in total. The fourth-order valence-electron chi connectivity index (χ4n) is 2.72. The third kappa shape index (κ3) is 3.93. The minimum absolute atomic E-state index is 0.00505. The normalized spacial score (nSPS) is 14.0. The summed E-state index contributed by atoms with van der Waals surface area (Å²) in [6.07, 6.45) is 1.31. The molecule has 130 valence electrons. The highest BCUT2D eigenvalue weighted by Gasteiger charge is 2.22. The van der Waals surface area contributed by atoms with Gasteiger partial charge in [0.15, 0.2) is 0 Å². The van der Waals surface area contributed by atoms with Crippen LogP contribution in [0.25, 0.3) is 0 Å². The molecule has 0 bridgehead atoms. The number of nitrogens with zero attached hydrogens (tertiary/aromatic N) is 1. The molecule has 1 saturated heterocycles. The van der Waals surface area contributed by atoms with Crippen LogP contribution in [0.15, 0.2) is 48.5 Å². The first-order valence-corrected chi connectivity index (χ1v) is 7.80. The van der Waals surface area contributed by atoms with E-state index in [0.717, 1.165) is 6.42 Å². The van der Waals surface area contributed by atoms with Crippen LogP contribution in [0.1, 0.15) is 23.2 Å². The van der Waals surface area contributed by atoms with Gasteiger partial charge in [0.2, 0.25) is 5.91 Å². The second kappa shape index (κ2) is 7.29. The number of amides is 2. The molecule has 1 heterocycles. The van der Waals surface area contributed by atoms with Crippen LogP contribution >= 0.6 is 0 Å². The molecule has 0 saturated carbocycles. The van der Waals surface area contributed by atoms with Crippen molar-refractivity contribution in [2.75, 3.05) is 16.8 Å². The molecule has 2 amide bonds. The quantitative estimate of drug-likeness (QED) is 0.899. The molecule has 25 heavy (non-hydrogen) atoms. The molecule has 1 aliphatic heterocycles. The van der Waals surface area contributed by atoms with E-state index < -0.39 is 12.5 Å².